The van der Waals surface area contributed by atoms with Gasteiger partial charge in [-0.25, -0.2) is 4.39 Å². The van der Waals surface area contributed by atoms with E-state index < -0.39 is 0 Å². The number of halogens is 1. The number of fused-ring (bicyclic) bond motifs is 1. The third-order valence-corrected chi connectivity index (χ3v) is 4.10. The van der Waals surface area contributed by atoms with Crippen molar-refractivity contribution in [2.24, 2.45) is 11.7 Å². The highest BCUT2D eigenvalue weighted by molar-refractivity contribution is 5.62. The minimum atomic E-state index is -0.111. The number of ether oxygens (including phenoxy) is 2. The third kappa shape index (κ3) is 3.18. The molecule has 1 fully saturated rings. The van der Waals surface area contributed by atoms with Crippen LogP contribution in [0.15, 0.2) is 30.1 Å². The highest BCUT2D eigenvalue weighted by Gasteiger charge is 2.32. The zero-order chi connectivity index (χ0) is 15.5. The molecule has 3 rings (SSSR count). The molecule has 2 unspecified atom stereocenters. The number of nitrogens with two attached hydrogens (primary N) is 1. The van der Waals surface area contributed by atoms with Gasteiger partial charge < -0.3 is 20.5 Å². The Labute approximate surface area is 129 Å². The summed E-state index contributed by atoms with van der Waals surface area (Å²) in [6, 6.07) is 5.59. The van der Waals surface area contributed by atoms with E-state index >= 15 is 0 Å². The third-order valence-electron chi connectivity index (χ3n) is 4.10. The molecule has 6 heteroatoms. The van der Waals surface area contributed by atoms with Crippen LogP contribution in [-0.2, 0) is 0 Å². The molecule has 2 aliphatic heterocycles. The maximum atomic E-state index is 12.5. The fraction of sp³-hybridized carbons (Fsp3) is 0.500. The molecule has 120 valence electrons. The first-order chi connectivity index (χ1) is 10.7. The van der Waals surface area contributed by atoms with Crippen LogP contribution in [-0.4, -0.2) is 37.5 Å². The van der Waals surface area contributed by atoms with Crippen molar-refractivity contribution in [1.29, 1.82) is 0 Å². The number of nitrogens with one attached hydrogen (secondary N) is 1. The predicted molar refractivity (Wildman–Crippen MR) is 83.6 cm³/mol. The smallest absolute Gasteiger partial charge is 0.230 e. The van der Waals surface area contributed by atoms with Gasteiger partial charge in [0.05, 0.1) is 12.0 Å². The summed E-state index contributed by atoms with van der Waals surface area (Å²) in [5.41, 5.74) is 6.78. The lowest BCUT2D eigenvalue weighted by Crippen LogP contribution is -2.40. The second-order valence-electron chi connectivity index (χ2n) is 5.92. The van der Waals surface area contributed by atoms with Crippen LogP contribution in [0.3, 0.4) is 0 Å². The maximum Gasteiger partial charge on any atom is 0.230 e. The number of hydrogen-bond donors (Lipinski definition) is 2. The van der Waals surface area contributed by atoms with Crippen LogP contribution in [0.1, 0.15) is 13.3 Å². The first kappa shape index (κ1) is 15.1. The number of nitrogens with zero attached hydrogens (tertiary/aromatic N) is 1. The van der Waals surface area contributed by atoms with Gasteiger partial charge in [0.1, 0.15) is 12.4 Å². The van der Waals surface area contributed by atoms with Gasteiger partial charge in [0.15, 0.2) is 5.75 Å². The molecule has 3 N–H and O–H groups in total. The molecule has 0 aromatic heterocycles. The largest absolute Gasteiger partial charge is 0.489 e. The SMILES string of the molecule is CC1CCN(C2Nc3ccc(OC/C(=C\F)CN)cc3O2)C1. The Bertz CT molecular complexity index is 564. The first-order valence-electron chi connectivity index (χ1n) is 7.62. The van der Waals surface area contributed by atoms with E-state index in [1.54, 1.807) is 0 Å². The molecule has 1 saturated heterocycles. The molecule has 2 atom stereocenters. The summed E-state index contributed by atoms with van der Waals surface area (Å²) in [7, 11) is 0. The van der Waals surface area contributed by atoms with E-state index in [9.17, 15) is 4.39 Å². The summed E-state index contributed by atoms with van der Waals surface area (Å²) in [6.07, 6.45) is 1.58. The number of rotatable bonds is 5. The molecule has 2 heterocycles. The second-order valence-corrected chi connectivity index (χ2v) is 5.92. The van der Waals surface area contributed by atoms with Crippen molar-refractivity contribution in [1.82, 2.24) is 4.90 Å². The van der Waals surface area contributed by atoms with E-state index in [0.717, 1.165) is 24.5 Å². The molecular weight excluding hydrogens is 285 g/mol. The van der Waals surface area contributed by atoms with Crippen molar-refractivity contribution in [2.75, 3.05) is 31.6 Å². The fourth-order valence-electron chi connectivity index (χ4n) is 2.75. The quantitative estimate of drug-likeness (QED) is 0.874. The summed E-state index contributed by atoms with van der Waals surface area (Å²) in [4.78, 5) is 2.30. The van der Waals surface area contributed by atoms with Crippen LogP contribution in [0.25, 0.3) is 0 Å². The zero-order valence-electron chi connectivity index (χ0n) is 12.7. The lowest BCUT2D eigenvalue weighted by Gasteiger charge is -2.22. The van der Waals surface area contributed by atoms with Crippen molar-refractivity contribution in [3.63, 3.8) is 0 Å². The van der Waals surface area contributed by atoms with Crippen LogP contribution in [0.4, 0.5) is 10.1 Å². The van der Waals surface area contributed by atoms with Gasteiger partial charge >= 0.3 is 0 Å². The average molecular weight is 307 g/mol. The molecule has 5 nitrogen and oxygen atoms in total. The normalized spacial score (nSPS) is 24.8. The van der Waals surface area contributed by atoms with Gasteiger partial charge in [0, 0.05) is 31.3 Å². The molecule has 0 saturated carbocycles. The molecule has 0 radical (unpaired) electrons. The molecule has 0 bridgehead atoms. The fourth-order valence-corrected chi connectivity index (χ4v) is 2.75. The zero-order valence-corrected chi connectivity index (χ0v) is 12.7. The minimum absolute atomic E-state index is 0.111. The number of hydrogen-bond acceptors (Lipinski definition) is 5. The van der Waals surface area contributed by atoms with Crippen molar-refractivity contribution in [3.8, 4) is 11.5 Å². The molecule has 0 amide bonds. The highest BCUT2D eigenvalue weighted by atomic mass is 19.1. The Morgan fingerprint density at radius 3 is 3.14 bits per heavy atom. The first-order valence-corrected chi connectivity index (χ1v) is 7.62. The van der Waals surface area contributed by atoms with E-state index in [-0.39, 0.29) is 19.5 Å². The standard InChI is InChI=1S/C16H22FN3O2/c1-11-4-5-20(9-11)16-19-14-3-2-13(6-15(14)22-16)21-10-12(7-17)8-18/h2-3,6-7,11,16,19H,4-5,8-10,18H2,1H3/b12-7-. The molecule has 2 aliphatic rings. The average Bonchev–Trinajstić information content (AvgIpc) is 3.13. The van der Waals surface area contributed by atoms with Crippen molar-refractivity contribution < 1.29 is 13.9 Å². The van der Waals surface area contributed by atoms with Gasteiger partial charge in [-0.3, -0.25) is 4.90 Å². The van der Waals surface area contributed by atoms with Crippen molar-refractivity contribution >= 4 is 5.69 Å². The van der Waals surface area contributed by atoms with Gasteiger partial charge in [-0.15, -0.1) is 0 Å². The van der Waals surface area contributed by atoms with E-state index in [4.69, 9.17) is 15.2 Å². The minimum Gasteiger partial charge on any atom is -0.489 e. The van der Waals surface area contributed by atoms with Gasteiger partial charge in [-0.2, -0.15) is 0 Å². The molecular formula is C16H22FN3O2. The monoisotopic (exact) mass is 307 g/mol. The van der Waals surface area contributed by atoms with Gasteiger partial charge in [-0.1, -0.05) is 6.92 Å². The van der Waals surface area contributed by atoms with Crippen molar-refractivity contribution in [2.45, 2.75) is 19.7 Å². The van der Waals surface area contributed by atoms with E-state index in [1.165, 1.54) is 6.42 Å². The Morgan fingerprint density at radius 1 is 1.59 bits per heavy atom. The summed E-state index contributed by atoms with van der Waals surface area (Å²) >= 11 is 0. The van der Waals surface area contributed by atoms with Gasteiger partial charge in [0.25, 0.3) is 0 Å². The summed E-state index contributed by atoms with van der Waals surface area (Å²) in [5, 5.41) is 3.37. The van der Waals surface area contributed by atoms with Gasteiger partial charge in [0.2, 0.25) is 6.35 Å². The predicted octanol–water partition coefficient (Wildman–Crippen LogP) is 2.31. The second kappa shape index (κ2) is 6.54. The Hall–Kier alpha value is -1.79. The van der Waals surface area contributed by atoms with Crippen LogP contribution < -0.4 is 20.5 Å². The Kier molecular flexibility index (Phi) is 4.49. The molecule has 1 aromatic carbocycles. The van der Waals surface area contributed by atoms with Crippen LogP contribution >= 0.6 is 0 Å². The lowest BCUT2D eigenvalue weighted by molar-refractivity contribution is 0.0781. The Morgan fingerprint density at radius 2 is 2.45 bits per heavy atom. The number of benzene rings is 1. The Balaban J connectivity index is 1.62. The summed E-state index contributed by atoms with van der Waals surface area (Å²) in [5.74, 6) is 2.11. The molecule has 0 spiro atoms. The van der Waals surface area contributed by atoms with Crippen LogP contribution in [0.5, 0.6) is 11.5 Å². The van der Waals surface area contributed by atoms with Crippen LogP contribution in [0.2, 0.25) is 0 Å². The molecule has 0 aliphatic carbocycles. The molecule has 1 aromatic rings. The lowest BCUT2D eigenvalue weighted by atomic mass is 10.2. The topological polar surface area (TPSA) is 59.8 Å². The van der Waals surface area contributed by atoms with Crippen molar-refractivity contribution in [3.05, 3.63) is 30.1 Å². The van der Waals surface area contributed by atoms with E-state index in [0.29, 0.717) is 23.6 Å². The number of anilines is 1. The highest BCUT2D eigenvalue weighted by Crippen LogP contribution is 2.37. The summed E-state index contributed by atoms with van der Waals surface area (Å²) < 4.78 is 24.0. The van der Waals surface area contributed by atoms with E-state index in [1.807, 2.05) is 18.2 Å². The summed E-state index contributed by atoms with van der Waals surface area (Å²) in [6.45, 7) is 4.62. The van der Waals surface area contributed by atoms with Gasteiger partial charge in [-0.05, 0) is 24.5 Å². The number of likely N-dealkylation sites (tertiary alicyclic amines) is 1. The van der Waals surface area contributed by atoms with E-state index in [2.05, 4.69) is 17.1 Å². The van der Waals surface area contributed by atoms with Crippen LogP contribution in [0, 0.1) is 5.92 Å². The maximum absolute atomic E-state index is 12.5. The molecule has 22 heavy (non-hydrogen) atoms.